The van der Waals surface area contributed by atoms with E-state index in [2.05, 4.69) is 44.1 Å². The number of imidazole rings is 1. The Morgan fingerprint density at radius 2 is 1.79 bits per heavy atom. The molecule has 0 amide bonds. The molecule has 5 rings (SSSR count). The number of aromatic nitrogens is 3. The van der Waals surface area contributed by atoms with E-state index in [0.717, 1.165) is 46.7 Å². The zero-order valence-corrected chi connectivity index (χ0v) is 18.5. The number of likely N-dealkylation sites (tertiary alicyclic amines) is 1. The molecule has 0 bridgehead atoms. The number of amidine groups is 2. The molecule has 0 spiro atoms. The number of ether oxygens (including phenoxy) is 1. The Kier molecular flexibility index (Phi) is 5.87. The number of nitrogens with one attached hydrogen (secondary N) is 3. The van der Waals surface area contributed by atoms with Crippen molar-refractivity contribution >= 4 is 11.7 Å². The number of hydrogen-bond donors (Lipinski definition) is 3. The summed E-state index contributed by atoms with van der Waals surface area (Å²) < 4.78 is 5.61. The van der Waals surface area contributed by atoms with E-state index in [9.17, 15) is 0 Å². The van der Waals surface area contributed by atoms with Gasteiger partial charge in [-0.25, -0.2) is 9.98 Å². The van der Waals surface area contributed by atoms with Gasteiger partial charge in [-0.15, -0.1) is 0 Å². The maximum Gasteiger partial charge on any atom is 0.190 e. The molecule has 33 heavy (non-hydrogen) atoms. The van der Waals surface area contributed by atoms with Crippen LogP contribution < -0.4 is 0 Å². The van der Waals surface area contributed by atoms with Crippen molar-refractivity contribution in [2.45, 2.75) is 12.5 Å². The summed E-state index contributed by atoms with van der Waals surface area (Å²) in [6.07, 6.45) is 6.41. The smallest absolute Gasteiger partial charge is 0.190 e. The van der Waals surface area contributed by atoms with E-state index in [0.29, 0.717) is 12.4 Å². The van der Waals surface area contributed by atoms with Gasteiger partial charge in [0.1, 0.15) is 0 Å². The molecule has 3 N–H and O–H groups in total. The summed E-state index contributed by atoms with van der Waals surface area (Å²) in [5, 5.41) is 8.58. The lowest BCUT2D eigenvalue weighted by molar-refractivity contribution is 0.114. The maximum absolute atomic E-state index is 8.58. The van der Waals surface area contributed by atoms with Gasteiger partial charge in [0, 0.05) is 49.9 Å². The topological polar surface area (TPSA) is 93.2 Å². The van der Waals surface area contributed by atoms with Crippen LogP contribution in [0.1, 0.15) is 17.9 Å². The van der Waals surface area contributed by atoms with Gasteiger partial charge < -0.3 is 19.6 Å². The van der Waals surface area contributed by atoms with Gasteiger partial charge in [-0.1, -0.05) is 60.7 Å². The molecule has 3 heterocycles. The number of benzene rings is 2. The second-order valence-electron chi connectivity index (χ2n) is 8.00. The highest BCUT2D eigenvalue weighted by Crippen LogP contribution is 2.36. The minimum atomic E-state index is 0.0886. The number of aromatic amines is 2. The van der Waals surface area contributed by atoms with Gasteiger partial charge >= 0.3 is 0 Å². The van der Waals surface area contributed by atoms with Crippen molar-refractivity contribution in [1.82, 2.24) is 19.9 Å². The summed E-state index contributed by atoms with van der Waals surface area (Å²) in [6, 6.07) is 20.6. The van der Waals surface area contributed by atoms with Gasteiger partial charge in [-0.2, -0.15) is 0 Å². The minimum absolute atomic E-state index is 0.0886. The monoisotopic (exact) mass is 438 g/mol. The molecule has 0 aliphatic carbocycles. The summed E-state index contributed by atoms with van der Waals surface area (Å²) >= 11 is 0. The number of aliphatic imine (C=N–C) groups is 1. The largest absolute Gasteiger partial charge is 0.380 e. The third kappa shape index (κ3) is 4.23. The van der Waals surface area contributed by atoms with Crippen LogP contribution in [0.5, 0.6) is 0 Å². The Bertz CT molecular complexity index is 1240. The summed E-state index contributed by atoms with van der Waals surface area (Å²) in [5.74, 6) is 1.24. The van der Waals surface area contributed by atoms with Crippen LogP contribution in [-0.4, -0.2) is 57.8 Å². The standard InChI is InChI=1S/C26H26N6O/c1-33-20-12-15-32(17-20)26(31-24(27)25-28-13-14-29-25)23-22(19-10-6-3-7-11-19)21(16-30-23)18-8-4-2-5-9-18/h2-11,13-14,16,20,27,30H,12,15,17H2,1H3,(H,28,29). The lowest BCUT2D eigenvalue weighted by atomic mass is 9.96. The van der Waals surface area contributed by atoms with Crippen LogP contribution in [0.15, 0.2) is 84.2 Å². The number of methoxy groups -OCH3 is 1. The summed E-state index contributed by atoms with van der Waals surface area (Å²) in [6.45, 7) is 1.52. The van der Waals surface area contributed by atoms with Crippen molar-refractivity contribution in [3.8, 4) is 22.3 Å². The van der Waals surface area contributed by atoms with Crippen LogP contribution in [0.3, 0.4) is 0 Å². The highest BCUT2D eigenvalue weighted by Gasteiger charge is 2.29. The average molecular weight is 439 g/mol. The number of hydrogen-bond acceptors (Lipinski definition) is 3. The number of rotatable bonds is 5. The second kappa shape index (κ2) is 9.26. The molecule has 4 aromatic rings. The van der Waals surface area contributed by atoms with Gasteiger partial charge in [0.25, 0.3) is 0 Å². The first-order valence-corrected chi connectivity index (χ1v) is 11.0. The molecule has 2 aromatic heterocycles. The molecule has 1 aliphatic rings. The van der Waals surface area contributed by atoms with Crippen LogP contribution in [-0.2, 0) is 4.74 Å². The summed E-state index contributed by atoms with van der Waals surface area (Å²) in [5.41, 5.74) is 5.25. The average Bonchev–Trinajstić information content (AvgIpc) is 3.64. The van der Waals surface area contributed by atoms with E-state index in [1.807, 2.05) is 42.6 Å². The van der Waals surface area contributed by atoms with Crippen molar-refractivity contribution in [3.05, 3.63) is 90.8 Å². The van der Waals surface area contributed by atoms with E-state index in [1.54, 1.807) is 19.5 Å². The zero-order chi connectivity index (χ0) is 22.6. The molecule has 0 radical (unpaired) electrons. The molecule has 0 saturated carbocycles. The summed E-state index contributed by atoms with van der Waals surface area (Å²) in [7, 11) is 1.74. The van der Waals surface area contributed by atoms with E-state index in [4.69, 9.17) is 15.1 Å². The quantitative estimate of drug-likeness (QED) is 0.315. The first-order valence-electron chi connectivity index (χ1n) is 11.0. The molecular formula is C26H26N6O. The lowest BCUT2D eigenvalue weighted by Gasteiger charge is -2.21. The maximum atomic E-state index is 8.58. The molecule has 2 aromatic carbocycles. The fraction of sp³-hybridized carbons (Fsp3) is 0.192. The second-order valence-corrected chi connectivity index (χ2v) is 8.00. The van der Waals surface area contributed by atoms with Crippen molar-refractivity contribution in [3.63, 3.8) is 0 Å². The van der Waals surface area contributed by atoms with E-state index >= 15 is 0 Å². The number of nitrogens with zero attached hydrogens (tertiary/aromatic N) is 3. The molecule has 1 atom stereocenters. The van der Waals surface area contributed by atoms with E-state index in [-0.39, 0.29) is 11.9 Å². The molecule has 1 saturated heterocycles. The number of H-pyrrole nitrogens is 2. The Morgan fingerprint density at radius 1 is 1.06 bits per heavy atom. The van der Waals surface area contributed by atoms with Crippen molar-refractivity contribution in [1.29, 1.82) is 5.41 Å². The SMILES string of the molecule is COC1CCN(C(=NC(=N)c2ncc[nH]2)c2[nH]cc(-c3ccccc3)c2-c2ccccc2)C1. The highest BCUT2D eigenvalue weighted by atomic mass is 16.5. The van der Waals surface area contributed by atoms with Gasteiger partial charge in [0.15, 0.2) is 17.5 Å². The fourth-order valence-corrected chi connectivity index (χ4v) is 4.30. The van der Waals surface area contributed by atoms with Crippen LogP contribution in [0, 0.1) is 5.41 Å². The van der Waals surface area contributed by atoms with Crippen LogP contribution >= 0.6 is 0 Å². The van der Waals surface area contributed by atoms with E-state index < -0.39 is 0 Å². The van der Waals surface area contributed by atoms with Gasteiger partial charge in [-0.3, -0.25) is 5.41 Å². The van der Waals surface area contributed by atoms with E-state index in [1.165, 1.54) is 0 Å². The third-order valence-electron chi connectivity index (χ3n) is 5.97. The first-order chi connectivity index (χ1) is 16.2. The van der Waals surface area contributed by atoms with Gasteiger partial charge in [0.2, 0.25) is 0 Å². The zero-order valence-electron chi connectivity index (χ0n) is 18.5. The van der Waals surface area contributed by atoms with Crippen molar-refractivity contribution in [2.75, 3.05) is 20.2 Å². The van der Waals surface area contributed by atoms with Gasteiger partial charge in [0.05, 0.1) is 11.8 Å². The Morgan fingerprint density at radius 3 is 2.42 bits per heavy atom. The molecule has 1 unspecified atom stereocenters. The minimum Gasteiger partial charge on any atom is -0.380 e. The lowest BCUT2D eigenvalue weighted by Crippen LogP contribution is -2.32. The molecule has 1 aliphatic heterocycles. The molecular weight excluding hydrogens is 412 g/mol. The third-order valence-corrected chi connectivity index (χ3v) is 5.97. The molecule has 1 fully saturated rings. The van der Waals surface area contributed by atoms with Crippen molar-refractivity contribution in [2.24, 2.45) is 4.99 Å². The van der Waals surface area contributed by atoms with Crippen molar-refractivity contribution < 1.29 is 4.74 Å². The van der Waals surface area contributed by atoms with Crippen LogP contribution in [0.4, 0.5) is 0 Å². The predicted molar refractivity (Wildman–Crippen MR) is 131 cm³/mol. The Hall–Kier alpha value is -3.97. The molecule has 7 nitrogen and oxygen atoms in total. The van der Waals surface area contributed by atoms with Gasteiger partial charge in [-0.05, 0) is 17.5 Å². The highest BCUT2D eigenvalue weighted by molar-refractivity contribution is 6.13. The Balaban J connectivity index is 1.68. The fourth-order valence-electron chi connectivity index (χ4n) is 4.30. The van der Waals surface area contributed by atoms with Crippen LogP contribution in [0.2, 0.25) is 0 Å². The summed E-state index contributed by atoms with van der Waals surface area (Å²) in [4.78, 5) is 17.7. The predicted octanol–water partition coefficient (Wildman–Crippen LogP) is 4.56. The van der Waals surface area contributed by atoms with Crippen LogP contribution in [0.25, 0.3) is 22.3 Å². The Labute approximate surface area is 192 Å². The molecule has 166 valence electrons. The molecule has 7 heteroatoms. The first kappa shape index (κ1) is 20.9. The normalized spacial score (nSPS) is 16.3.